The highest BCUT2D eigenvalue weighted by atomic mass is 16.5. The number of carbonyl (C=O) groups is 1. The van der Waals surface area contributed by atoms with E-state index in [4.69, 9.17) is 4.52 Å². The molecule has 0 spiro atoms. The van der Waals surface area contributed by atoms with Gasteiger partial charge in [-0.15, -0.1) is 0 Å². The molecule has 1 unspecified atom stereocenters. The first-order valence-electron chi connectivity index (χ1n) is 3.91. The van der Waals surface area contributed by atoms with Gasteiger partial charge in [-0.1, -0.05) is 12.1 Å². The van der Waals surface area contributed by atoms with Gasteiger partial charge in [0.2, 0.25) is 5.91 Å². The Morgan fingerprint density at radius 2 is 2.50 bits per heavy atom. The highest BCUT2D eigenvalue weighted by Crippen LogP contribution is 2.28. The molecule has 0 N–H and O–H groups in total. The molecule has 0 aliphatic carbocycles. The minimum absolute atomic E-state index is 0.00968. The quantitative estimate of drug-likeness (QED) is 0.573. The summed E-state index contributed by atoms with van der Waals surface area (Å²) in [5.41, 5.74) is 0.804. The molecular weight excluding hydrogens is 156 g/mol. The maximum Gasteiger partial charge on any atom is 0.230 e. The number of nitrogens with zero attached hydrogens (tertiary/aromatic N) is 2. The van der Waals surface area contributed by atoms with Gasteiger partial charge in [-0.25, -0.2) is 0 Å². The third kappa shape index (κ3) is 0.841. The van der Waals surface area contributed by atoms with Crippen molar-refractivity contribution in [1.82, 2.24) is 5.16 Å². The molecule has 12 heavy (non-hydrogen) atoms. The van der Waals surface area contributed by atoms with E-state index in [0.29, 0.717) is 6.42 Å². The third-order valence-electron chi connectivity index (χ3n) is 2.23. The van der Waals surface area contributed by atoms with E-state index in [1.165, 1.54) is 0 Å². The minimum atomic E-state index is 0.00968. The normalized spacial score (nSPS) is 22.7. The van der Waals surface area contributed by atoms with Crippen LogP contribution in [0.4, 0.5) is 5.69 Å². The molecule has 1 atom stereocenters. The van der Waals surface area contributed by atoms with Crippen LogP contribution in [0.5, 0.6) is 0 Å². The molecule has 2 heterocycles. The first-order chi connectivity index (χ1) is 5.70. The van der Waals surface area contributed by atoms with E-state index in [1.54, 1.807) is 18.1 Å². The van der Waals surface area contributed by atoms with Crippen LogP contribution in [0.25, 0.3) is 0 Å². The van der Waals surface area contributed by atoms with Crippen LogP contribution in [-0.4, -0.2) is 18.1 Å². The fourth-order valence-electron chi connectivity index (χ4n) is 1.49. The summed E-state index contributed by atoms with van der Waals surface area (Å²) < 4.78 is 5.00. The number of aromatic nitrogens is 1. The van der Waals surface area contributed by atoms with Crippen LogP contribution >= 0.6 is 0 Å². The van der Waals surface area contributed by atoms with E-state index in [0.717, 1.165) is 11.4 Å². The van der Waals surface area contributed by atoms with Crippen molar-refractivity contribution in [1.29, 1.82) is 0 Å². The smallest absolute Gasteiger partial charge is 0.230 e. The molecule has 0 fully saturated rings. The summed E-state index contributed by atoms with van der Waals surface area (Å²) in [5.74, 6) is 0.950. The van der Waals surface area contributed by atoms with E-state index in [-0.39, 0.29) is 11.8 Å². The van der Waals surface area contributed by atoms with E-state index in [1.807, 2.05) is 6.92 Å². The van der Waals surface area contributed by atoms with Crippen molar-refractivity contribution in [2.45, 2.75) is 13.3 Å². The summed E-state index contributed by atoms with van der Waals surface area (Å²) in [6, 6.07) is 0. The zero-order valence-corrected chi connectivity index (χ0v) is 7.07. The summed E-state index contributed by atoms with van der Waals surface area (Å²) >= 11 is 0. The predicted octanol–water partition coefficient (Wildman–Crippen LogP) is 0.830. The SMILES string of the molecule is CC1Cc2oncc2N(C)C1=O. The molecule has 0 bridgehead atoms. The lowest BCUT2D eigenvalue weighted by molar-refractivity contribution is -0.122. The second kappa shape index (κ2) is 2.33. The van der Waals surface area contributed by atoms with Gasteiger partial charge in [0.05, 0.1) is 6.20 Å². The van der Waals surface area contributed by atoms with Gasteiger partial charge in [0.1, 0.15) is 5.69 Å². The lowest BCUT2D eigenvalue weighted by Gasteiger charge is -2.24. The topological polar surface area (TPSA) is 46.3 Å². The number of amides is 1. The fourth-order valence-corrected chi connectivity index (χ4v) is 1.49. The fraction of sp³-hybridized carbons (Fsp3) is 0.500. The third-order valence-corrected chi connectivity index (χ3v) is 2.23. The van der Waals surface area contributed by atoms with Crippen LogP contribution in [0, 0.1) is 5.92 Å². The van der Waals surface area contributed by atoms with Crippen LogP contribution in [0.2, 0.25) is 0 Å². The van der Waals surface area contributed by atoms with Gasteiger partial charge in [0.15, 0.2) is 5.76 Å². The maximum absolute atomic E-state index is 11.4. The molecule has 1 aliphatic rings. The first kappa shape index (κ1) is 7.34. The minimum Gasteiger partial charge on any atom is -0.359 e. The standard InChI is InChI=1S/C8H10N2O2/c1-5-3-7-6(4-9-12-7)10(2)8(5)11/h4-5H,3H2,1-2H3. The van der Waals surface area contributed by atoms with Crippen LogP contribution in [0.1, 0.15) is 12.7 Å². The predicted molar refractivity (Wildman–Crippen MR) is 42.8 cm³/mol. The maximum atomic E-state index is 11.4. The van der Waals surface area contributed by atoms with E-state index >= 15 is 0 Å². The van der Waals surface area contributed by atoms with Crippen molar-refractivity contribution in [3.05, 3.63) is 12.0 Å². The first-order valence-corrected chi connectivity index (χ1v) is 3.91. The van der Waals surface area contributed by atoms with Gasteiger partial charge < -0.3 is 9.42 Å². The van der Waals surface area contributed by atoms with Gasteiger partial charge in [-0.05, 0) is 0 Å². The lowest BCUT2D eigenvalue weighted by Crippen LogP contribution is -2.36. The van der Waals surface area contributed by atoms with Crippen LogP contribution in [0.15, 0.2) is 10.7 Å². The Morgan fingerprint density at radius 1 is 1.75 bits per heavy atom. The summed E-state index contributed by atoms with van der Waals surface area (Å²) in [6.45, 7) is 1.89. The monoisotopic (exact) mass is 166 g/mol. The molecule has 0 saturated heterocycles. The second-order valence-electron chi connectivity index (χ2n) is 3.14. The Labute approximate surface area is 70.1 Å². The second-order valence-corrected chi connectivity index (χ2v) is 3.14. The Bertz CT molecular complexity index is 319. The summed E-state index contributed by atoms with van der Waals surface area (Å²) in [7, 11) is 1.74. The van der Waals surface area contributed by atoms with Crippen LogP contribution in [0.3, 0.4) is 0 Å². The number of carbonyl (C=O) groups excluding carboxylic acids is 1. The average Bonchev–Trinajstić information content (AvgIpc) is 2.48. The summed E-state index contributed by atoms with van der Waals surface area (Å²) in [5, 5.41) is 3.65. The molecule has 4 heteroatoms. The highest BCUT2D eigenvalue weighted by molar-refractivity contribution is 5.96. The van der Waals surface area contributed by atoms with Gasteiger partial charge in [0.25, 0.3) is 0 Å². The molecule has 4 nitrogen and oxygen atoms in total. The van der Waals surface area contributed by atoms with E-state index < -0.39 is 0 Å². The number of hydrogen-bond donors (Lipinski definition) is 0. The van der Waals surface area contributed by atoms with Gasteiger partial charge in [0, 0.05) is 19.4 Å². The summed E-state index contributed by atoms with van der Waals surface area (Å²) in [4.78, 5) is 13.0. The molecule has 1 aromatic rings. The Morgan fingerprint density at radius 3 is 3.25 bits per heavy atom. The van der Waals surface area contributed by atoms with Gasteiger partial charge in [-0.2, -0.15) is 0 Å². The number of fused-ring (bicyclic) bond motifs is 1. The average molecular weight is 166 g/mol. The summed E-state index contributed by atoms with van der Waals surface area (Å²) in [6.07, 6.45) is 2.25. The Hall–Kier alpha value is -1.32. The molecule has 1 aromatic heterocycles. The molecule has 0 saturated carbocycles. The van der Waals surface area contributed by atoms with Crippen molar-refractivity contribution in [2.24, 2.45) is 5.92 Å². The number of anilines is 1. The van der Waals surface area contributed by atoms with E-state index in [2.05, 4.69) is 5.16 Å². The number of rotatable bonds is 0. The molecule has 64 valence electrons. The Balaban J connectivity index is 2.45. The van der Waals surface area contributed by atoms with Crippen molar-refractivity contribution in [3.63, 3.8) is 0 Å². The lowest BCUT2D eigenvalue weighted by atomic mass is 10.00. The van der Waals surface area contributed by atoms with Gasteiger partial charge >= 0.3 is 0 Å². The molecular formula is C8H10N2O2. The van der Waals surface area contributed by atoms with Crippen molar-refractivity contribution in [3.8, 4) is 0 Å². The molecule has 1 aliphatic heterocycles. The van der Waals surface area contributed by atoms with Crippen molar-refractivity contribution < 1.29 is 9.32 Å². The van der Waals surface area contributed by atoms with E-state index in [9.17, 15) is 4.79 Å². The molecule has 2 rings (SSSR count). The molecule has 0 aromatic carbocycles. The van der Waals surface area contributed by atoms with Crippen LogP contribution in [-0.2, 0) is 11.2 Å². The van der Waals surface area contributed by atoms with Crippen LogP contribution < -0.4 is 4.90 Å². The highest BCUT2D eigenvalue weighted by Gasteiger charge is 2.30. The van der Waals surface area contributed by atoms with Crippen molar-refractivity contribution >= 4 is 11.6 Å². The zero-order valence-electron chi connectivity index (χ0n) is 7.07. The molecule has 0 radical (unpaired) electrons. The van der Waals surface area contributed by atoms with Crippen molar-refractivity contribution in [2.75, 3.05) is 11.9 Å². The van der Waals surface area contributed by atoms with Gasteiger partial charge in [-0.3, -0.25) is 4.79 Å². The zero-order chi connectivity index (χ0) is 8.72. The Kier molecular flexibility index (Phi) is 1.43. The number of hydrogen-bond acceptors (Lipinski definition) is 3. The largest absolute Gasteiger partial charge is 0.359 e. The molecule has 1 amide bonds.